The standard InChI is InChI=1S/C28H28Cl4N2O2/c1-2-3-14-33-28(36)26(16-19-8-5-4-6-9-19)34(18-21-22(29)10-7-11-23(21)30)27(35)17-20-12-13-24(31)25(32)15-20/h4-13,15,26H,2-3,14,16-18H2,1H3,(H,33,36)/t26-/m1/s1. The molecule has 0 saturated carbocycles. The highest BCUT2D eigenvalue weighted by Gasteiger charge is 2.31. The van der Waals surface area contributed by atoms with Gasteiger partial charge in [-0.15, -0.1) is 0 Å². The van der Waals surface area contributed by atoms with Crippen molar-refractivity contribution in [3.63, 3.8) is 0 Å². The quantitative estimate of drug-likeness (QED) is 0.246. The number of carbonyl (C=O) groups is 2. The largest absolute Gasteiger partial charge is 0.354 e. The molecular formula is C28H28Cl4N2O2. The molecule has 0 radical (unpaired) electrons. The molecule has 1 atom stereocenters. The lowest BCUT2D eigenvalue weighted by Gasteiger charge is -2.32. The summed E-state index contributed by atoms with van der Waals surface area (Å²) in [4.78, 5) is 28.8. The normalized spacial score (nSPS) is 11.7. The molecule has 3 aromatic rings. The molecule has 4 nitrogen and oxygen atoms in total. The lowest BCUT2D eigenvalue weighted by molar-refractivity contribution is -0.140. The highest BCUT2D eigenvalue weighted by Crippen LogP contribution is 2.28. The molecule has 36 heavy (non-hydrogen) atoms. The second-order valence-corrected chi connectivity index (χ2v) is 10.1. The summed E-state index contributed by atoms with van der Waals surface area (Å²) in [6.45, 7) is 2.67. The van der Waals surface area contributed by atoms with E-state index in [2.05, 4.69) is 12.2 Å². The van der Waals surface area contributed by atoms with Gasteiger partial charge in [-0.2, -0.15) is 0 Å². The molecule has 0 aliphatic rings. The summed E-state index contributed by atoms with van der Waals surface area (Å²) >= 11 is 25.2. The molecule has 0 aromatic heterocycles. The Hall–Kier alpha value is -2.24. The fourth-order valence-electron chi connectivity index (χ4n) is 3.84. The van der Waals surface area contributed by atoms with Crippen molar-refractivity contribution in [2.75, 3.05) is 6.54 Å². The molecule has 0 saturated heterocycles. The molecule has 8 heteroatoms. The topological polar surface area (TPSA) is 49.4 Å². The van der Waals surface area contributed by atoms with E-state index >= 15 is 0 Å². The van der Waals surface area contributed by atoms with Gasteiger partial charge in [0.25, 0.3) is 0 Å². The molecule has 0 aliphatic heterocycles. The van der Waals surface area contributed by atoms with E-state index in [1.807, 2.05) is 30.3 Å². The number of hydrogen-bond donors (Lipinski definition) is 1. The van der Waals surface area contributed by atoms with Crippen LogP contribution in [-0.2, 0) is 29.0 Å². The van der Waals surface area contributed by atoms with Crippen molar-refractivity contribution in [2.45, 2.75) is 45.2 Å². The van der Waals surface area contributed by atoms with Gasteiger partial charge in [-0.25, -0.2) is 0 Å². The van der Waals surface area contributed by atoms with E-state index in [0.717, 1.165) is 18.4 Å². The Kier molecular flexibility index (Phi) is 10.9. The van der Waals surface area contributed by atoms with Gasteiger partial charge in [0, 0.05) is 35.1 Å². The predicted molar refractivity (Wildman–Crippen MR) is 149 cm³/mol. The van der Waals surface area contributed by atoms with Crippen LogP contribution in [0.1, 0.15) is 36.5 Å². The van der Waals surface area contributed by atoms with Crippen molar-refractivity contribution in [3.8, 4) is 0 Å². The maximum atomic E-state index is 13.8. The van der Waals surface area contributed by atoms with E-state index in [0.29, 0.717) is 44.2 Å². The van der Waals surface area contributed by atoms with Crippen LogP contribution in [0.15, 0.2) is 66.7 Å². The van der Waals surface area contributed by atoms with Crippen LogP contribution in [0.4, 0.5) is 0 Å². The van der Waals surface area contributed by atoms with E-state index in [9.17, 15) is 9.59 Å². The first kappa shape index (κ1) is 28.3. The summed E-state index contributed by atoms with van der Waals surface area (Å²) in [6.07, 6.45) is 2.16. The maximum Gasteiger partial charge on any atom is 0.243 e. The number of nitrogens with zero attached hydrogens (tertiary/aromatic N) is 1. The third kappa shape index (κ3) is 7.88. The van der Waals surface area contributed by atoms with Crippen molar-refractivity contribution in [1.82, 2.24) is 10.2 Å². The first-order valence-corrected chi connectivity index (χ1v) is 13.3. The number of halogens is 4. The van der Waals surface area contributed by atoms with Crippen molar-refractivity contribution in [2.24, 2.45) is 0 Å². The highest BCUT2D eigenvalue weighted by molar-refractivity contribution is 6.42. The number of amides is 2. The zero-order valence-corrected chi connectivity index (χ0v) is 23.0. The van der Waals surface area contributed by atoms with E-state index in [-0.39, 0.29) is 24.8 Å². The van der Waals surface area contributed by atoms with Gasteiger partial charge in [-0.1, -0.05) is 102 Å². The fourth-order valence-corrected chi connectivity index (χ4v) is 4.68. The zero-order valence-electron chi connectivity index (χ0n) is 19.9. The Labute approximate surface area is 232 Å². The molecular weight excluding hydrogens is 538 g/mol. The summed E-state index contributed by atoms with van der Waals surface area (Å²) in [6, 6.07) is 19.1. The molecule has 0 fully saturated rings. The summed E-state index contributed by atoms with van der Waals surface area (Å²) in [5.74, 6) is -0.478. The van der Waals surface area contributed by atoms with Gasteiger partial charge < -0.3 is 10.2 Å². The Morgan fingerprint density at radius 2 is 1.53 bits per heavy atom. The molecule has 190 valence electrons. The summed E-state index contributed by atoms with van der Waals surface area (Å²) in [5, 5.41) is 4.63. The minimum atomic E-state index is -0.771. The summed E-state index contributed by atoms with van der Waals surface area (Å²) in [5.41, 5.74) is 2.21. The van der Waals surface area contributed by atoms with Crippen molar-refractivity contribution in [1.29, 1.82) is 0 Å². The van der Waals surface area contributed by atoms with E-state index in [1.54, 1.807) is 41.3 Å². The van der Waals surface area contributed by atoms with Crippen LogP contribution >= 0.6 is 46.4 Å². The van der Waals surface area contributed by atoms with Gasteiger partial charge in [-0.05, 0) is 41.8 Å². The molecule has 3 rings (SSSR count). The van der Waals surface area contributed by atoms with Gasteiger partial charge in [0.15, 0.2) is 0 Å². The molecule has 2 amide bonds. The van der Waals surface area contributed by atoms with Gasteiger partial charge in [-0.3, -0.25) is 9.59 Å². The first-order chi connectivity index (χ1) is 17.3. The van der Waals surface area contributed by atoms with Gasteiger partial charge in [0.1, 0.15) is 6.04 Å². The van der Waals surface area contributed by atoms with Crippen LogP contribution in [0.3, 0.4) is 0 Å². The average Bonchev–Trinajstić information content (AvgIpc) is 2.86. The molecule has 3 aromatic carbocycles. The van der Waals surface area contributed by atoms with Crippen molar-refractivity contribution >= 4 is 58.2 Å². The predicted octanol–water partition coefficient (Wildman–Crippen LogP) is 7.40. The number of benzene rings is 3. The maximum absolute atomic E-state index is 13.8. The minimum Gasteiger partial charge on any atom is -0.354 e. The molecule has 0 spiro atoms. The van der Waals surface area contributed by atoms with Crippen LogP contribution in [0.5, 0.6) is 0 Å². The molecule has 0 bridgehead atoms. The van der Waals surface area contributed by atoms with Crippen LogP contribution < -0.4 is 5.32 Å². The zero-order chi connectivity index (χ0) is 26.1. The molecule has 0 aliphatic carbocycles. The van der Waals surface area contributed by atoms with Gasteiger partial charge >= 0.3 is 0 Å². The Morgan fingerprint density at radius 3 is 2.17 bits per heavy atom. The second kappa shape index (κ2) is 13.9. The van der Waals surface area contributed by atoms with Crippen LogP contribution in [0.25, 0.3) is 0 Å². The van der Waals surface area contributed by atoms with E-state index in [1.165, 1.54) is 0 Å². The van der Waals surface area contributed by atoms with Gasteiger partial charge in [0.2, 0.25) is 11.8 Å². The monoisotopic (exact) mass is 564 g/mol. The Morgan fingerprint density at radius 1 is 0.833 bits per heavy atom. The third-order valence-electron chi connectivity index (χ3n) is 5.83. The number of nitrogens with one attached hydrogen (secondary N) is 1. The van der Waals surface area contributed by atoms with Crippen LogP contribution in [-0.4, -0.2) is 29.3 Å². The van der Waals surface area contributed by atoms with Crippen molar-refractivity contribution < 1.29 is 9.59 Å². The fraction of sp³-hybridized carbons (Fsp3) is 0.286. The van der Waals surface area contributed by atoms with E-state index in [4.69, 9.17) is 46.4 Å². The third-order valence-corrected chi connectivity index (χ3v) is 7.28. The minimum absolute atomic E-state index is 0.0342. The number of hydrogen-bond acceptors (Lipinski definition) is 2. The number of unbranched alkanes of at least 4 members (excludes halogenated alkanes) is 1. The SMILES string of the molecule is CCCCNC(=O)[C@@H](Cc1ccccc1)N(Cc1c(Cl)cccc1Cl)C(=O)Cc1ccc(Cl)c(Cl)c1. The van der Waals surface area contributed by atoms with Crippen molar-refractivity contribution in [3.05, 3.63) is 104 Å². The Balaban J connectivity index is 2.00. The van der Waals surface area contributed by atoms with E-state index < -0.39 is 6.04 Å². The molecule has 0 heterocycles. The average molecular weight is 566 g/mol. The molecule has 1 N–H and O–H groups in total. The second-order valence-electron chi connectivity index (χ2n) is 8.50. The lowest BCUT2D eigenvalue weighted by atomic mass is 10.0. The smallest absolute Gasteiger partial charge is 0.243 e. The molecule has 0 unspecified atom stereocenters. The van der Waals surface area contributed by atoms with Crippen LogP contribution in [0, 0.1) is 0 Å². The summed E-state index contributed by atoms with van der Waals surface area (Å²) < 4.78 is 0. The number of carbonyl (C=O) groups excluding carboxylic acids is 2. The number of rotatable bonds is 11. The highest BCUT2D eigenvalue weighted by atomic mass is 35.5. The van der Waals surface area contributed by atoms with Crippen LogP contribution in [0.2, 0.25) is 20.1 Å². The lowest BCUT2D eigenvalue weighted by Crippen LogP contribution is -2.51. The summed E-state index contributed by atoms with van der Waals surface area (Å²) in [7, 11) is 0. The Bertz CT molecular complexity index is 1170. The first-order valence-electron chi connectivity index (χ1n) is 11.8. The van der Waals surface area contributed by atoms with Gasteiger partial charge in [0.05, 0.1) is 16.5 Å².